The summed E-state index contributed by atoms with van der Waals surface area (Å²) >= 11 is 6.99. The lowest BCUT2D eigenvalue weighted by Gasteiger charge is -2.08. The van der Waals surface area contributed by atoms with Gasteiger partial charge in [0.15, 0.2) is 0 Å². The van der Waals surface area contributed by atoms with Crippen molar-refractivity contribution in [3.8, 4) is 0 Å². The Balaban J connectivity index is 0. The molecule has 0 heterocycles. The first-order valence-corrected chi connectivity index (χ1v) is 14.1. The van der Waals surface area contributed by atoms with E-state index in [0.29, 0.717) is 0 Å². The normalized spacial score (nSPS) is 11.9. The second-order valence-electron chi connectivity index (χ2n) is 7.86. The number of halogens is 2. The molecule has 1 unspecified atom stereocenters. The van der Waals surface area contributed by atoms with Gasteiger partial charge in [-0.05, 0) is 18.8 Å². The third kappa shape index (κ3) is 27.2. The molecule has 160 valence electrons. The van der Waals surface area contributed by atoms with Crippen molar-refractivity contribution in [2.75, 3.05) is 10.7 Å². The van der Waals surface area contributed by atoms with Crippen LogP contribution in [0.25, 0.3) is 0 Å². The molecular weight excluding hydrogens is 448 g/mol. The third-order valence-electron chi connectivity index (χ3n) is 5.25. The number of rotatable bonds is 19. The summed E-state index contributed by atoms with van der Waals surface area (Å²) in [6.45, 7) is 6.81. The van der Waals surface area contributed by atoms with Crippen molar-refractivity contribution < 1.29 is 0 Å². The van der Waals surface area contributed by atoms with E-state index in [-0.39, 0.29) is 0 Å². The van der Waals surface area contributed by atoms with E-state index in [1.807, 2.05) is 0 Å². The predicted octanol–water partition coefficient (Wildman–Crippen LogP) is 10.5. The molecule has 0 radical (unpaired) electrons. The maximum Gasteiger partial charge on any atom is 0.00595 e. The number of unbranched alkanes of at least 4 members (excludes halogenated alkanes) is 14. The van der Waals surface area contributed by atoms with E-state index in [9.17, 15) is 0 Å². The SMILES string of the molecule is CCCCC(CC)CBr.CCCCCCCCCCCCCCCCBr. The highest BCUT2D eigenvalue weighted by Crippen LogP contribution is 2.14. The lowest BCUT2D eigenvalue weighted by atomic mass is 10.0. The van der Waals surface area contributed by atoms with E-state index in [2.05, 4.69) is 52.6 Å². The minimum absolute atomic E-state index is 0.921. The summed E-state index contributed by atoms with van der Waals surface area (Å²) in [5.74, 6) is 0.921. The molecule has 1 atom stereocenters. The molecule has 0 aromatic rings. The molecule has 0 saturated heterocycles. The Morgan fingerprint density at radius 2 is 0.885 bits per heavy atom. The second-order valence-corrected chi connectivity index (χ2v) is 9.30. The monoisotopic (exact) mass is 496 g/mol. The molecule has 0 aliphatic heterocycles. The minimum atomic E-state index is 0.921. The van der Waals surface area contributed by atoms with Crippen LogP contribution in [0.3, 0.4) is 0 Å². The lowest BCUT2D eigenvalue weighted by molar-refractivity contribution is 0.502. The van der Waals surface area contributed by atoms with Crippen molar-refractivity contribution in [3.05, 3.63) is 0 Å². The highest BCUT2D eigenvalue weighted by atomic mass is 79.9. The molecule has 0 aromatic heterocycles. The number of hydrogen-bond donors (Lipinski definition) is 0. The Bertz CT molecular complexity index is 200. The summed E-state index contributed by atoms with van der Waals surface area (Å²) in [6, 6.07) is 0. The third-order valence-corrected chi connectivity index (χ3v) is 6.73. The topological polar surface area (TPSA) is 0 Å². The Kier molecular flexibility index (Phi) is 31.6. The summed E-state index contributed by atoms with van der Waals surface area (Å²) in [6.07, 6.45) is 25.7. The average Bonchev–Trinajstić information content (AvgIpc) is 2.67. The zero-order valence-electron chi connectivity index (χ0n) is 18.5. The lowest BCUT2D eigenvalue weighted by Crippen LogP contribution is -1.98. The highest BCUT2D eigenvalue weighted by molar-refractivity contribution is 9.09. The molecule has 0 rings (SSSR count). The fourth-order valence-corrected chi connectivity index (χ4v) is 4.35. The summed E-state index contributed by atoms with van der Waals surface area (Å²) in [5.41, 5.74) is 0. The molecule has 0 aromatic carbocycles. The Labute approximate surface area is 184 Å². The van der Waals surface area contributed by atoms with Crippen LogP contribution in [0.4, 0.5) is 0 Å². The first kappa shape index (κ1) is 29.2. The fourth-order valence-electron chi connectivity index (χ4n) is 3.17. The van der Waals surface area contributed by atoms with Crippen molar-refractivity contribution in [1.29, 1.82) is 0 Å². The molecule has 0 aliphatic rings. The Morgan fingerprint density at radius 3 is 1.19 bits per heavy atom. The van der Waals surface area contributed by atoms with Gasteiger partial charge in [-0.25, -0.2) is 0 Å². The average molecular weight is 498 g/mol. The quantitative estimate of drug-likeness (QED) is 0.123. The van der Waals surface area contributed by atoms with Gasteiger partial charge in [-0.1, -0.05) is 155 Å². The molecule has 0 amide bonds. The van der Waals surface area contributed by atoms with Crippen molar-refractivity contribution >= 4 is 31.9 Å². The standard InChI is InChI=1S/C16H33Br.C8H17Br/c1-2-3-4-5-6-7-8-9-10-11-12-13-14-15-16-17;1-3-5-6-8(4-2)7-9/h2-16H2,1H3;8H,3-7H2,1-2H3. The maximum atomic E-state index is 3.51. The van der Waals surface area contributed by atoms with Crippen LogP contribution in [0.2, 0.25) is 0 Å². The molecule has 0 aliphatic carbocycles. The maximum absolute atomic E-state index is 3.51. The van der Waals surface area contributed by atoms with E-state index in [0.717, 1.165) is 5.92 Å². The summed E-state index contributed by atoms with van der Waals surface area (Å²) in [5, 5.41) is 2.37. The van der Waals surface area contributed by atoms with Gasteiger partial charge in [-0.15, -0.1) is 0 Å². The molecule has 0 saturated carbocycles. The number of hydrogen-bond acceptors (Lipinski definition) is 0. The zero-order chi connectivity index (χ0) is 19.7. The molecule has 0 nitrogen and oxygen atoms in total. The van der Waals surface area contributed by atoms with Crippen LogP contribution in [-0.4, -0.2) is 10.7 Å². The van der Waals surface area contributed by atoms with E-state index >= 15 is 0 Å². The van der Waals surface area contributed by atoms with Crippen molar-refractivity contribution in [2.24, 2.45) is 5.92 Å². The summed E-state index contributed by atoms with van der Waals surface area (Å²) in [4.78, 5) is 0. The van der Waals surface area contributed by atoms with Crippen LogP contribution in [0.5, 0.6) is 0 Å². The molecule has 0 N–H and O–H groups in total. The van der Waals surface area contributed by atoms with Gasteiger partial charge in [-0.3, -0.25) is 0 Å². The van der Waals surface area contributed by atoms with Gasteiger partial charge in [0, 0.05) is 10.7 Å². The Hall–Kier alpha value is 0.960. The molecule has 0 fully saturated rings. The smallest absolute Gasteiger partial charge is 0.00595 e. The van der Waals surface area contributed by atoms with Gasteiger partial charge >= 0.3 is 0 Å². The molecule has 2 heteroatoms. The van der Waals surface area contributed by atoms with Crippen molar-refractivity contribution in [3.63, 3.8) is 0 Å². The highest BCUT2D eigenvalue weighted by Gasteiger charge is 2.01. The summed E-state index contributed by atoms with van der Waals surface area (Å²) in [7, 11) is 0. The largest absolute Gasteiger partial charge is 0.0928 e. The minimum Gasteiger partial charge on any atom is -0.0928 e. The van der Waals surface area contributed by atoms with Crippen LogP contribution in [0.1, 0.15) is 136 Å². The van der Waals surface area contributed by atoms with Crippen molar-refractivity contribution in [2.45, 2.75) is 136 Å². The van der Waals surface area contributed by atoms with Gasteiger partial charge in [-0.2, -0.15) is 0 Å². The first-order valence-electron chi connectivity index (χ1n) is 11.9. The van der Waals surface area contributed by atoms with E-state index in [1.54, 1.807) is 0 Å². The van der Waals surface area contributed by atoms with Crippen molar-refractivity contribution in [1.82, 2.24) is 0 Å². The van der Waals surface area contributed by atoms with Gasteiger partial charge in [0.25, 0.3) is 0 Å². The molecular formula is C24H50Br2. The van der Waals surface area contributed by atoms with E-state index in [4.69, 9.17) is 0 Å². The van der Waals surface area contributed by atoms with Crippen LogP contribution in [-0.2, 0) is 0 Å². The van der Waals surface area contributed by atoms with E-state index < -0.39 is 0 Å². The van der Waals surface area contributed by atoms with E-state index in [1.165, 1.54) is 126 Å². The second kappa shape index (κ2) is 28.2. The molecule has 0 bridgehead atoms. The Morgan fingerprint density at radius 1 is 0.500 bits per heavy atom. The predicted molar refractivity (Wildman–Crippen MR) is 131 cm³/mol. The summed E-state index contributed by atoms with van der Waals surface area (Å²) < 4.78 is 0. The van der Waals surface area contributed by atoms with Gasteiger partial charge < -0.3 is 0 Å². The van der Waals surface area contributed by atoms with Crippen LogP contribution >= 0.6 is 31.9 Å². The van der Waals surface area contributed by atoms with Gasteiger partial charge in [0.1, 0.15) is 0 Å². The van der Waals surface area contributed by atoms with Crippen LogP contribution < -0.4 is 0 Å². The zero-order valence-corrected chi connectivity index (χ0v) is 21.6. The van der Waals surface area contributed by atoms with Gasteiger partial charge in [0.2, 0.25) is 0 Å². The van der Waals surface area contributed by atoms with Crippen LogP contribution in [0.15, 0.2) is 0 Å². The number of alkyl halides is 2. The van der Waals surface area contributed by atoms with Crippen LogP contribution in [0, 0.1) is 5.92 Å². The van der Waals surface area contributed by atoms with Gasteiger partial charge in [0.05, 0.1) is 0 Å². The molecule has 26 heavy (non-hydrogen) atoms. The fraction of sp³-hybridized carbons (Fsp3) is 1.00. The first-order chi connectivity index (χ1) is 12.8. The molecule has 0 spiro atoms.